The Morgan fingerprint density at radius 2 is 2.00 bits per heavy atom. The number of phenols is 2. The van der Waals surface area contributed by atoms with Crippen molar-refractivity contribution < 1.29 is 10.2 Å². The number of hydrogen-bond donors (Lipinski definition) is 4. The normalized spacial score (nSPS) is 11.6. The standard InChI is InChI=1S/C17H14N6O2/c1-9-2-5-13-12(6-9)15-16(19-13)20-17(23-21-15)22-18-8-10-3-4-11(24)7-14(10)25/h2-8,24-25H,1H3,(H2,19,20,22,23). The smallest absolute Gasteiger partial charge is 0.265 e. The maximum Gasteiger partial charge on any atom is 0.265 e. The van der Waals surface area contributed by atoms with Crippen LogP contribution in [0.2, 0.25) is 0 Å². The lowest BCUT2D eigenvalue weighted by molar-refractivity contribution is 0.450. The van der Waals surface area contributed by atoms with Crippen molar-refractivity contribution in [3.05, 3.63) is 47.5 Å². The molecule has 0 bridgehead atoms. The molecular weight excluding hydrogens is 320 g/mol. The van der Waals surface area contributed by atoms with E-state index in [0.717, 1.165) is 16.5 Å². The quantitative estimate of drug-likeness (QED) is 0.338. The van der Waals surface area contributed by atoms with Crippen molar-refractivity contribution in [2.75, 3.05) is 5.43 Å². The molecule has 4 aromatic rings. The third-order valence-corrected chi connectivity index (χ3v) is 3.75. The molecule has 4 rings (SSSR count). The third kappa shape index (κ3) is 2.80. The van der Waals surface area contributed by atoms with Gasteiger partial charge in [0.05, 0.1) is 6.21 Å². The van der Waals surface area contributed by atoms with Crippen molar-refractivity contribution in [3.63, 3.8) is 0 Å². The highest BCUT2D eigenvalue weighted by atomic mass is 16.3. The number of nitrogens with zero attached hydrogens (tertiary/aromatic N) is 4. The number of aromatic nitrogens is 4. The molecule has 0 unspecified atom stereocenters. The fourth-order valence-corrected chi connectivity index (χ4v) is 2.53. The molecule has 8 heteroatoms. The summed E-state index contributed by atoms with van der Waals surface area (Å²) in [4.78, 5) is 7.55. The second kappa shape index (κ2) is 5.75. The molecular formula is C17H14N6O2. The van der Waals surface area contributed by atoms with Crippen molar-refractivity contribution in [3.8, 4) is 11.5 Å². The number of anilines is 1. The van der Waals surface area contributed by atoms with Crippen molar-refractivity contribution in [1.29, 1.82) is 0 Å². The van der Waals surface area contributed by atoms with E-state index in [1.165, 1.54) is 24.4 Å². The Kier molecular flexibility index (Phi) is 3.42. The van der Waals surface area contributed by atoms with Crippen LogP contribution in [0.5, 0.6) is 11.5 Å². The zero-order valence-corrected chi connectivity index (χ0v) is 13.2. The van der Waals surface area contributed by atoms with Gasteiger partial charge in [0.25, 0.3) is 5.95 Å². The zero-order chi connectivity index (χ0) is 17.4. The monoisotopic (exact) mass is 334 g/mol. The molecule has 0 radical (unpaired) electrons. The maximum atomic E-state index is 9.71. The van der Waals surface area contributed by atoms with E-state index in [1.54, 1.807) is 0 Å². The van der Waals surface area contributed by atoms with Crippen molar-refractivity contribution in [2.45, 2.75) is 6.92 Å². The van der Waals surface area contributed by atoms with Gasteiger partial charge >= 0.3 is 0 Å². The molecule has 0 saturated heterocycles. The Hall–Kier alpha value is -3.68. The van der Waals surface area contributed by atoms with Gasteiger partial charge in [0, 0.05) is 22.5 Å². The molecule has 0 amide bonds. The first-order valence-corrected chi connectivity index (χ1v) is 7.54. The third-order valence-electron chi connectivity index (χ3n) is 3.75. The van der Waals surface area contributed by atoms with Crippen LogP contribution < -0.4 is 5.43 Å². The summed E-state index contributed by atoms with van der Waals surface area (Å²) in [7, 11) is 0. The predicted octanol–water partition coefficient (Wildman–Crippen LogP) is 2.67. The zero-order valence-electron chi connectivity index (χ0n) is 13.2. The van der Waals surface area contributed by atoms with Crippen molar-refractivity contribution in [1.82, 2.24) is 20.2 Å². The highest BCUT2D eigenvalue weighted by molar-refractivity contribution is 6.03. The van der Waals surface area contributed by atoms with Crippen molar-refractivity contribution in [2.24, 2.45) is 5.10 Å². The Bertz CT molecular complexity index is 1120. The van der Waals surface area contributed by atoms with Crippen LogP contribution in [0.15, 0.2) is 41.5 Å². The number of aromatic amines is 1. The number of hydrazone groups is 1. The molecule has 25 heavy (non-hydrogen) atoms. The Labute approximate surface area is 141 Å². The summed E-state index contributed by atoms with van der Waals surface area (Å²) in [5.41, 5.74) is 6.51. The molecule has 0 spiro atoms. The van der Waals surface area contributed by atoms with Crippen LogP contribution in [0.1, 0.15) is 11.1 Å². The molecule has 0 saturated carbocycles. The highest BCUT2D eigenvalue weighted by Crippen LogP contribution is 2.23. The maximum absolute atomic E-state index is 9.71. The van der Waals surface area contributed by atoms with Crippen molar-refractivity contribution >= 4 is 34.2 Å². The molecule has 4 N–H and O–H groups in total. The van der Waals surface area contributed by atoms with Gasteiger partial charge in [-0.1, -0.05) is 11.6 Å². The van der Waals surface area contributed by atoms with Gasteiger partial charge < -0.3 is 15.2 Å². The predicted molar refractivity (Wildman–Crippen MR) is 94.9 cm³/mol. The van der Waals surface area contributed by atoms with E-state index in [2.05, 4.69) is 30.7 Å². The number of fused-ring (bicyclic) bond motifs is 3. The summed E-state index contributed by atoms with van der Waals surface area (Å²) in [6.07, 6.45) is 1.40. The second-order valence-electron chi connectivity index (χ2n) is 5.62. The van der Waals surface area contributed by atoms with Crippen LogP contribution >= 0.6 is 0 Å². The van der Waals surface area contributed by atoms with Gasteiger partial charge in [-0.2, -0.15) is 10.1 Å². The Morgan fingerprint density at radius 1 is 1.12 bits per heavy atom. The number of benzene rings is 2. The van der Waals surface area contributed by atoms with Gasteiger partial charge in [-0.05, 0) is 31.2 Å². The summed E-state index contributed by atoms with van der Waals surface area (Å²) in [5.74, 6) is 0.131. The number of nitrogens with one attached hydrogen (secondary N) is 2. The summed E-state index contributed by atoms with van der Waals surface area (Å²) >= 11 is 0. The first-order valence-electron chi connectivity index (χ1n) is 7.54. The van der Waals surface area contributed by atoms with Crippen LogP contribution in [0.3, 0.4) is 0 Å². The van der Waals surface area contributed by atoms with Gasteiger partial charge in [0.1, 0.15) is 17.0 Å². The van der Waals surface area contributed by atoms with E-state index in [0.29, 0.717) is 16.7 Å². The largest absolute Gasteiger partial charge is 0.508 e. The summed E-state index contributed by atoms with van der Waals surface area (Å²) < 4.78 is 0. The fourth-order valence-electron chi connectivity index (χ4n) is 2.53. The van der Waals surface area contributed by atoms with Gasteiger partial charge in [-0.15, -0.1) is 10.2 Å². The van der Waals surface area contributed by atoms with E-state index in [9.17, 15) is 10.2 Å². The van der Waals surface area contributed by atoms with Crippen LogP contribution in [0.25, 0.3) is 22.1 Å². The molecule has 124 valence electrons. The minimum atomic E-state index is -0.0777. The molecule has 0 aliphatic rings. The van der Waals surface area contributed by atoms with E-state index in [1.807, 2.05) is 25.1 Å². The molecule has 0 fully saturated rings. The molecule has 2 heterocycles. The Balaban J connectivity index is 1.61. The lowest BCUT2D eigenvalue weighted by Crippen LogP contribution is -1.99. The first kappa shape index (κ1) is 14.9. The van der Waals surface area contributed by atoms with Crippen LogP contribution in [-0.4, -0.2) is 36.6 Å². The first-order chi connectivity index (χ1) is 12.1. The van der Waals surface area contributed by atoms with Gasteiger partial charge in [0.2, 0.25) is 0 Å². The number of rotatable bonds is 3. The number of aryl methyl sites for hydroxylation is 1. The van der Waals surface area contributed by atoms with E-state index in [-0.39, 0.29) is 17.4 Å². The summed E-state index contributed by atoms with van der Waals surface area (Å²) in [5, 5.41) is 32.1. The van der Waals surface area contributed by atoms with Gasteiger partial charge in [-0.3, -0.25) is 0 Å². The number of aromatic hydroxyl groups is 2. The molecule has 8 nitrogen and oxygen atoms in total. The van der Waals surface area contributed by atoms with Crippen LogP contribution in [0.4, 0.5) is 5.95 Å². The molecule has 0 aliphatic carbocycles. The summed E-state index contributed by atoms with van der Waals surface area (Å²) in [6, 6.07) is 10.3. The number of hydrogen-bond acceptors (Lipinski definition) is 7. The minimum Gasteiger partial charge on any atom is -0.508 e. The average Bonchev–Trinajstić information content (AvgIpc) is 2.94. The summed E-state index contributed by atoms with van der Waals surface area (Å²) in [6.45, 7) is 2.02. The molecule has 2 aromatic heterocycles. The van der Waals surface area contributed by atoms with E-state index >= 15 is 0 Å². The SMILES string of the molecule is Cc1ccc2[nH]c3nc(NN=Cc4ccc(O)cc4O)nnc3c2c1. The van der Waals surface area contributed by atoms with Gasteiger partial charge in [-0.25, -0.2) is 5.43 Å². The minimum absolute atomic E-state index is 0.0189. The Morgan fingerprint density at radius 3 is 2.84 bits per heavy atom. The lowest BCUT2D eigenvalue weighted by atomic mass is 10.2. The number of phenolic OH excluding ortho intramolecular Hbond substituents is 2. The lowest BCUT2D eigenvalue weighted by Gasteiger charge is -2.00. The number of H-pyrrole nitrogens is 1. The molecule has 0 atom stereocenters. The van der Waals surface area contributed by atoms with Gasteiger partial charge in [0.15, 0.2) is 5.65 Å². The van der Waals surface area contributed by atoms with E-state index in [4.69, 9.17) is 0 Å². The molecule has 0 aliphatic heterocycles. The van der Waals surface area contributed by atoms with Crippen LogP contribution in [0, 0.1) is 6.92 Å². The topological polar surface area (TPSA) is 119 Å². The average molecular weight is 334 g/mol. The molecule has 2 aromatic carbocycles. The highest BCUT2D eigenvalue weighted by Gasteiger charge is 2.09. The van der Waals surface area contributed by atoms with Crippen LogP contribution in [-0.2, 0) is 0 Å². The second-order valence-corrected chi connectivity index (χ2v) is 5.62. The van der Waals surface area contributed by atoms with E-state index < -0.39 is 0 Å². The fraction of sp³-hybridized carbons (Fsp3) is 0.0588.